The van der Waals surface area contributed by atoms with Crippen molar-refractivity contribution in [2.45, 2.75) is 20.3 Å². The normalized spacial score (nSPS) is 21.7. The lowest BCUT2D eigenvalue weighted by molar-refractivity contribution is 0.352. The second kappa shape index (κ2) is 6.30. The summed E-state index contributed by atoms with van der Waals surface area (Å²) < 4.78 is 18.6. The predicted octanol–water partition coefficient (Wildman–Crippen LogP) is 3.89. The summed E-state index contributed by atoms with van der Waals surface area (Å²) in [6.07, 6.45) is 2.94. The Morgan fingerprint density at radius 3 is 2.45 bits per heavy atom. The number of hydrogen-bond donors (Lipinski definition) is 0. The molecule has 2 atom stereocenters. The minimum atomic E-state index is -0.285. The van der Waals surface area contributed by atoms with Crippen LogP contribution >= 0.6 is 0 Å². The number of ether oxygens (including phenoxy) is 1. The first-order valence-corrected chi connectivity index (χ1v) is 7.61. The molecule has 2 aromatic rings. The highest BCUT2D eigenvalue weighted by Gasteiger charge is 2.23. The average Bonchev–Trinajstić information content (AvgIpc) is 2.49. The van der Waals surface area contributed by atoms with Crippen LogP contribution in [0.2, 0.25) is 0 Å². The van der Waals surface area contributed by atoms with Crippen molar-refractivity contribution in [1.82, 2.24) is 9.97 Å². The first kappa shape index (κ1) is 14.8. The molecule has 0 N–H and O–H groups in total. The molecule has 2 heterocycles. The first-order valence-electron chi connectivity index (χ1n) is 7.61. The van der Waals surface area contributed by atoms with Crippen molar-refractivity contribution in [3.05, 3.63) is 42.3 Å². The summed E-state index contributed by atoms with van der Waals surface area (Å²) in [7, 11) is 0. The van der Waals surface area contributed by atoms with E-state index in [1.807, 2.05) is 0 Å². The predicted molar refractivity (Wildman–Crippen MR) is 83.7 cm³/mol. The molecule has 1 aromatic heterocycles. The molecule has 1 aliphatic heterocycles. The Balaban J connectivity index is 1.76. The van der Waals surface area contributed by atoms with Crippen LogP contribution < -0.4 is 9.64 Å². The Bertz CT molecular complexity index is 622. The first-order chi connectivity index (χ1) is 10.6. The van der Waals surface area contributed by atoms with E-state index in [0.717, 1.165) is 13.1 Å². The maximum atomic E-state index is 12.9. The third-order valence-electron chi connectivity index (χ3n) is 3.81. The van der Waals surface area contributed by atoms with E-state index in [0.29, 0.717) is 29.4 Å². The molecular weight excluding hydrogens is 281 g/mol. The molecule has 1 aromatic carbocycles. The zero-order valence-corrected chi connectivity index (χ0v) is 12.9. The van der Waals surface area contributed by atoms with Crippen LogP contribution in [-0.2, 0) is 0 Å². The number of benzene rings is 1. The van der Waals surface area contributed by atoms with Crippen molar-refractivity contribution < 1.29 is 9.13 Å². The second-order valence-electron chi connectivity index (χ2n) is 6.10. The van der Waals surface area contributed by atoms with E-state index in [4.69, 9.17) is 4.74 Å². The number of aromatic nitrogens is 2. The van der Waals surface area contributed by atoms with Crippen LogP contribution in [0.5, 0.6) is 11.6 Å². The van der Waals surface area contributed by atoms with Crippen LogP contribution in [0.15, 0.2) is 36.5 Å². The number of halogens is 1. The number of anilines is 1. The van der Waals surface area contributed by atoms with Gasteiger partial charge in [0.05, 0.1) is 0 Å². The minimum Gasteiger partial charge on any atom is -0.439 e. The smallest absolute Gasteiger partial charge is 0.228 e. The van der Waals surface area contributed by atoms with E-state index >= 15 is 0 Å². The molecule has 0 aliphatic carbocycles. The van der Waals surface area contributed by atoms with Crippen molar-refractivity contribution in [3.8, 4) is 11.6 Å². The topological polar surface area (TPSA) is 38.2 Å². The standard InChI is InChI=1S/C17H20FN3O/c1-12-9-13(2)11-21(10-12)17-19-8-7-16(20-17)22-15-5-3-14(18)4-6-15/h3-8,12-13H,9-11H2,1-2H3. The quantitative estimate of drug-likeness (QED) is 0.862. The fourth-order valence-electron chi connectivity index (χ4n) is 2.99. The molecule has 0 bridgehead atoms. The van der Waals surface area contributed by atoms with E-state index in [1.54, 1.807) is 24.4 Å². The Labute approximate surface area is 130 Å². The van der Waals surface area contributed by atoms with E-state index in [9.17, 15) is 4.39 Å². The minimum absolute atomic E-state index is 0.285. The molecule has 1 fully saturated rings. The van der Waals surface area contributed by atoms with Gasteiger partial charge in [0, 0.05) is 25.4 Å². The van der Waals surface area contributed by atoms with Crippen molar-refractivity contribution in [3.63, 3.8) is 0 Å². The third kappa shape index (κ3) is 3.53. The largest absolute Gasteiger partial charge is 0.439 e. The molecule has 4 nitrogen and oxygen atoms in total. The third-order valence-corrected chi connectivity index (χ3v) is 3.81. The van der Waals surface area contributed by atoms with Gasteiger partial charge in [-0.1, -0.05) is 13.8 Å². The molecular formula is C17H20FN3O. The van der Waals surface area contributed by atoms with Crippen LogP contribution in [-0.4, -0.2) is 23.1 Å². The molecule has 5 heteroatoms. The summed E-state index contributed by atoms with van der Waals surface area (Å²) in [5.41, 5.74) is 0. The Morgan fingerprint density at radius 2 is 1.77 bits per heavy atom. The van der Waals surface area contributed by atoms with Crippen LogP contribution in [0, 0.1) is 17.7 Å². The second-order valence-corrected chi connectivity index (χ2v) is 6.10. The molecule has 0 saturated carbocycles. The summed E-state index contributed by atoms with van der Waals surface area (Å²) in [4.78, 5) is 11.0. The Kier molecular flexibility index (Phi) is 4.22. The van der Waals surface area contributed by atoms with Crippen molar-refractivity contribution in [2.75, 3.05) is 18.0 Å². The van der Waals surface area contributed by atoms with Gasteiger partial charge in [-0.2, -0.15) is 4.98 Å². The van der Waals surface area contributed by atoms with Gasteiger partial charge in [-0.25, -0.2) is 9.37 Å². The lowest BCUT2D eigenvalue weighted by atomic mass is 9.92. The highest BCUT2D eigenvalue weighted by atomic mass is 19.1. The zero-order valence-electron chi connectivity index (χ0n) is 12.9. The average molecular weight is 301 g/mol. The van der Waals surface area contributed by atoms with Crippen LogP contribution in [0.4, 0.5) is 10.3 Å². The highest BCUT2D eigenvalue weighted by molar-refractivity contribution is 5.35. The number of nitrogens with zero attached hydrogens (tertiary/aromatic N) is 3. The molecule has 0 spiro atoms. The summed E-state index contributed by atoms with van der Waals surface area (Å²) in [6, 6.07) is 7.62. The fraction of sp³-hybridized carbons (Fsp3) is 0.412. The SMILES string of the molecule is CC1CC(C)CN(c2nccc(Oc3ccc(F)cc3)n2)C1. The maximum absolute atomic E-state index is 12.9. The zero-order chi connectivity index (χ0) is 15.5. The number of piperidine rings is 1. The molecule has 2 unspecified atom stereocenters. The number of hydrogen-bond acceptors (Lipinski definition) is 4. The van der Waals surface area contributed by atoms with Gasteiger partial charge in [0.15, 0.2) is 0 Å². The summed E-state index contributed by atoms with van der Waals surface area (Å²) in [6.45, 7) is 6.43. The molecule has 0 radical (unpaired) electrons. The highest BCUT2D eigenvalue weighted by Crippen LogP contribution is 2.26. The van der Waals surface area contributed by atoms with Gasteiger partial charge in [0.2, 0.25) is 11.8 Å². The monoisotopic (exact) mass is 301 g/mol. The van der Waals surface area contributed by atoms with Crippen LogP contribution in [0.1, 0.15) is 20.3 Å². The van der Waals surface area contributed by atoms with Crippen molar-refractivity contribution in [2.24, 2.45) is 11.8 Å². The summed E-state index contributed by atoms with van der Waals surface area (Å²) in [5, 5.41) is 0. The molecule has 1 aliphatic rings. The van der Waals surface area contributed by atoms with Crippen molar-refractivity contribution in [1.29, 1.82) is 0 Å². The molecule has 22 heavy (non-hydrogen) atoms. The lowest BCUT2D eigenvalue weighted by Gasteiger charge is -2.34. The van der Waals surface area contributed by atoms with Gasteiger partial charge in [-0.05, 0) is 42.5 Å². The van der Waals surface area contributed by atoms with E-state index in [-0.39, 0.29) is 5.82 Å². The van der Waals surface area contributed by atoms with E-state index in [1.165, 1.54) is 18.6 Å². The van der Waals surface area contributed by atoms with E-state index < -0.39 is 0 Å². The summed E-state index contributed by atoms with van der Waals surface area (Å²) >= 11 is 0. The summed E-state index contributed by atoms with van der Waals surface area (Å²) in [5.74, 6) is 2.71. The maximum Gasteiger partial charge on any atom is 0.228 e. The van der Waals surface area contributed by atoms with Crippen LogP contribution in [0.25, 0.3) is 0 Å². The molecule has 116 valence electrons. The van der Waals surface area contributed by atoms with Gasteiger partial charge in [0.25, 0.3) is 0 Å². The molecule has 0 amide bonds. The van der Waals surface area contributed by atoms with Crippen molar-refractivity contribution >= 4 is 5.95 Å². The molecule has 1 saturated heterocycles. The van der Waals surface area contributed by atoms with Gasteiger partial charge in [0.1, 0.15) is 11.6 Å². The van der Waals surface area contributed by atoms with Gasteiger partial charge in [-0.3, -0.25) is 0 Å². The van der Waals surface area contributed by atoms with Gasteiger partial charge < -0.3 is 9.64 Å². The number of rotatable bonds is 3. The molecule has 3 rings (SSSR count). The fourth-order valence-corrected chi connectivity index (χ4v) is 2.99. The van der Waals surface area contributed by atoms with Gasteiger partial charge >= 0.3 is 0 Å². The Hall–Kier alpha value is -2.17. The van der Waals surface area contributed by atoms with Gasteiger partial charge in [-0.15, -0.1) is 0 Å². The Morgan fingerprint density at radius 1 is 1.09 bits per heavy atom. The van der Waals surface area contributed by atoms with Crippen LogP contribution in [0.3, 0.4) is 0 Å². The van der Waals surface area contributed by atoms with E-state index in [2.05, 4.69) is 28.7 Å². The lowest BCUT2D eigenvalue weighted by Crippen LogP contribution is -2.39.